The first kappa shape index (κ1) is 9.99. The predicted octanol–water partition coefficient (Wildman–Crippen LogP) is -0.0411. The second kappa shape index (κ2) is 4.35. The Balaban J connectivity index is 1.93. The Morgan fingerprint density at radius 3 is 3.00 bits per heavy atom. The molecule has 0 bridgehead atoms. The molecule has 1 aromatic rings. The van der Waals surface area contributed by atoms with Crippen LogP contribution in [0.4, 0.5) is 5.82 Å². The van der Waals surface area contributed by atoms with Crippen LogP contribution in [-0.4, -0.2) is 42.8 Å². The van der Waals surface area contributed by atoms with Gasteiger partial charge >= 0.3 is 0 Å². The molecule has 0 unspecified atom stereocenters. The van der Waals surface area contributed by atoms with E-state index in [0.29, 0.717) is 6.61 Å². The van der Waals surface area contributed by atoms with Crippen molar-refractivity contribution in [2.75, 3.05) is 37.7 Å². The van der Waals surface area contributed by atoms with Gasteiger partial charge in [0, 0.05) is 38.2 Å². The normalized spacial score (nSPS) is 20.6. The number of hydrogen-bond acceptors (Lipinski definition) is 5. The smallest absolute Gasteiger partial charge is 0.137 e. The third-order valence-electron chi connectivity index (χ3n) is 3.16. The number of ether oxygens (including phenoxy) is 1. The van der Waals surface area contributed by atoms with Crippen molar-refractivity contribution in [1.29, 1.82) is 0 Å². The maximum absolute atomic E-state index is 5.51. The molecule has 86 valence electrons. The van der Waals surface area contributed by atoms with Gasteiger partial charge in [0.1, 0.15) is 12.1 Å². The van der Waals surface area contributed by atoms with Gasteiger partial charge in [-0.2, -0.15) is 0 Å². The maximum atomic E-state index is 5.51. The molecule has 0 spiro atoms. The highest BCUT2D eigenvalue weighted by Gasteiger charge is 2.20. The first-order valence-electron chi connectivity index (χ1n) is 5.81. The molecule has 1 aromatic heterocycles. The molecule has 0 amide bonds. The highest BCUT2D eigenvalue weighted by Crippen LogP contribution is 2.24. The lowest BCUT2D eigenvalue weighted by molar-refractivity contribution is 0.109. The van der Waals surface area contributed by atoms with Crippen LogP contribution in [0.3, 0.4) is 0 Å². The molecule has 0 aromatic carbocycles. The van der Waals surface area contributed by atoms with Crippen molar-refractivity contribution in [3.05, 3.63) is 17.6 Å². The predicted molar refractivity (Wildman–Crippen MR) is 60.5 cm³/mol. The number of piperazine rings is 1. The molecule has 16 heavy (non-hydrogen) atoms. The van der Waals surface area contributed by atoms with Gasteiger partial charge in [-0.25, -0.2) is 9.97 Å². The maximum Gasteiger partial charge on any atom is 0.137 e. The zero-order valence-corrected chi connectivity index (χ0v) is 9.28. The van der Waals surface area contributed by atoms with E-state index >= 15 is 0 Å². The Morgan fingerprint density at radius 1 is 1.25 bits per heavy atom. The minimum absolute atomic E-state index is 0.662. The molecule has 1 saturated heterocycles. The molecular formula is C11H16N4O. The van der Waals surface area contributed by atoms with Crippen molar-refractivity contribution in [2.45, 2.75) is 13.0 Å². The van der Waals surface area contributed by atoms with Gasteiger partial charge in [0.05, 0.1) is 18.9 Å². The van der Waals surface area contributed by atoms with Gasteiger partial charge in [-0.1, -0.05) is 0 Å². The fourth-order valence-corrected chi connectivity index (χ4v) is 2.29. The van der Waals surface area contributed by atoms with Crippen molar-refractivity contribution in [3.8, 4) is 0 Å². The minimum Gasteiger partial charge on any atom is -0.376 e. The molecule has 0 aliphatic carbocycles. The summed E-state index contributed by atoms with van der Waals surface area (Å²) in [7, 11) is 0. The van der Waals surface area contributed by atoms with E-state index in [2.05, 4.69) is 20.2 Å². The van der Waals surface area contributed by atoms with Gasteiger partial charge in [0.2, 0.25) is 0 Å². The Kier molecular flexibility index (Phi) is 2.71. The molecular weight excluding hydrogens is 204 g/mol. The summed E-state index contributed by atoms with van der Waals surface area (Å²) in [6.45, 7) is 5.53. The van der Waals surface area contributed by atoms with E-state index in [1.54, 1.807) is 6.33 Å². The van der Waals surface area contributed by atoms with Gasteiger partial charge in [-0.05, 0) is 0 Å². The third kappa shape index (κ3) is 1.76. The van der Waals surface area contributed by atoms with Crippen LogP contribution in [0, 0.1) is 0 Å². The Hall–Kier alpha value is -1.20. The van der Waals surface area contributed by atoms with Crippen LogP contribution >= 0.6 is 0 Å². The largest absolute Gasteiger partial charge is 0.376 e. The van der Waals surface area contributed by atoms with Crippen LogP contribution in [0.2, 0.25) is 0 Å². The van der Waals surface area contributed by atoms with E-state index in [1.165, 1.54) is 5.56 Å². The van der Waals surface area contributed by atoms with Crippen molar-refractivity contribution >= 4 is 5.82 Å². The topological polar surface area (TPSA) is 50.3 Å². The fourth-order valence-electron chi connectivity index (χ4n) is 2.29. The first-order chi connectivity index (χ1) is 7.95. The van der Waals surface area contributed by atoms with Gasteiger partial charge in [0.15, 0.2) is 0 Å². The summed E-state index contributed by atoms with van der Waals surface area (Å²) in [5.41, 5.74) is 2.35. The molecule has 0 radical (unpaired) electrons. The van der Waals surface area contributed by atoms with E-state index in [-0.39, 0.29) is 0 Å². The van der Waals surface area contributed by atoms with Crippen molar-refractivity contribution in [2.24, 2.45) is 0 Å². The number of hydrogen-bond donors (Lipinski definition) is 1. The van der Waals surface area contributed by atoms with Gasteiger partial charge in [0.25, 0.3) is 0 Å². The van der Waals surface area contributed by atoms with Crippen molar-refractivity contribution in [3.63, 3.8) is 0 Å². The lowest BCUT2D eigenvalue weighted by atomic mass is 10.1. The number of nitrogens with one attached hydrogen (secondary N) is 1. The highest BCUT2D eigenvalue weighted by molar-refractivity contribution is 5.49. The van der Waals surface area contributed by atoms with Crippen LogP contribution < -0.4 is 10.2 Å². The average Bonchev–Trinajstić information content (AvgIpc) is 2.39. The quantitative estimate of drug-likeness (QED) is 0.719. The second-order valence-corrected chi connectivity index (χ2v) is 4.16. The number of rotatable bonds is 1. The second-order valence-electron chi connectivity index (χ2n) is 4.16. The van der Waals surface area contributed by atoms with Crippen molar-refractivity contribution < 1.29 is 4.74 Å². The Bertz CT molecular complexity index is 376. The van der Waals surface area contributed by atoms with E-state index < -0.39 is 0 Å². The molecule has 2 aliphatic heterocycles. The molecule has 1 fully saturated rings. The van der Waals surface area contributed by atoms with Crippen LogP contribution in [-0.2, 0) is 17.8 Å². The molecule has 3 rings (SSSR count). The Labute approximate surface area is 94.8 Å². The van der Waals surface area contributed by atoms with Crippen LogP contribution in [0.15, 0.2) is 6.33 Å². The lowest BCUT2D eigenvalue weighted by Crippen LogP contribution is -2.44. The van der Waals surface area contributed by atoms with E-state index in [0.717, 1.165) is 50.7 Å². The number of anilines is 1. The zero-order chi connectivity index (χ0) is 10.8. The van der Waals surface area contributed by atoms with Gasteiger partial charge in [-0.3, -0.25) is 0 Å². The van der Waals surface area contributed by atoms with Crippen LogP contribution in [0.5, 0.6) is 0 Å². The molecule has 1 N–H and O–H groups in total. The van der Waals surface area contributed by atoms with Crippen LogP contribution in [0.25, 0.3) is 0 Å². The first-order valence-corrected chi connectivity index (χ1v) is 5.81. The summed E-state index contributed by atoms with van der Waals surface area (Å²) in [5, 5.41) is 3.35. The van der Waals surface area contributed by atoms with E-state index in [4.69, 9.17) is 4.74 Å². The standard InChI is InChI=1S/C11H16N4O/c1-6-16-7-9-10(1)13-8-14-11(9)15-4-2-12-3-5-15/h8,12H,1-7H2. The fraction of sp³-hybridized carbons (Fsp3) is 0.636. The molecule has 0 saturated carbocycles. The summed E-state index contributed by atoms with van der Waals surface area (Å²) in [5.74, 6) is 1.08. The van der Waals surface area contributed by atoms with Crippen LogP contribution in [0.1, 0.15) is 11.3 Å². The summed E-state index contributed by atoms with van der Waals surface area (Å²) in [6, 6.07) is 0. The van der Waals surface area contributed by atoms with E-state index in [9.17, 15) is 0 Å². The van der Waals surface area contributed by atoms with Gasteiger partial charge in [-0.15, -0.1) is 0 Å². The summed E-state index contributed by atoms with van der Waals surface area (Å²) in [4.78, 5) is 11.1. The molecule has 5 nitrogen and oxygen atoms in total. The summed E-state index contributed by atoms with van der Waals surface area (Å²) >= 11 is 0. The Morgan fingerprint density at radius 2 is 2.12 bits per heavy atom. The van der Waals surface area contributed by atoms with Gasteiger partial charge < -0.3 is 15.0 Å². The SMILES string of the molecule is c1nc2c(c(N3CCNCC3)n1)COCC2. The lowest BCUT2D eigenvalue weighted by Gasteiger charge is -2.31. The monoisotopic (exact) mass is 220 g/mol. The third-order valence-corrected chi connectivity index (χ3v) is 3.16. The van der Waals surface area contributed by atoms with E-state index in [1.807, 2.05) is 0 Å². The number of nitrogens with zero attached hydrogens (tertiary/aromatic N) is 3. The summed E-state index contributed by atoms with van der Waals surface area (Å²) < 4.78 is 5.51. The molecule has 5 heteroatoms. The highest BCUT2D eigenvalue weighted by atomic mass is 16.5. The molecule has 2 aliphatic rings. The minimum atomic E-state index is 0.662. The molecule has 0 atom stereocenters. The number of fused-ring (bicyclic) bond motifs is 1. The average molecular weight is 220 g/mol. The van der Waals surface area contributed by atoms with Crippen molar-refractivity contribution in [1.82, 2.24) is 15.3 Å². The summed E-state index contributed by atoms with van der Waals surface area (Å²) in [6.07, 6.45) is 2.60. The number of aromatic nitrogens is 2. The molecule has 3 heterocycles. The zero-order valence-electron chi connectivity index (χ0n) is 9.28.